The molecule has 1 fully saturated rings. The molecule has 0 aliphatic carbocycles. The van der Waals surface area contributed by atoms with E-state index in [0.29, 0.717) is 27.9 Å². The summed E-state index contributed by atoms with van der Waals surface area (Å²) in [6.45, 7) is 8.35. The van der Waals surface area contributed by atoms with Crippen LogP contribution in [0.25, 0.3) is 10.9 Å². The Morgan fingerprint density at radius 2 is 1.74 bits per heavy atom. The molecular formula is C29H35Cl2N3O5. The Hall–Kier alpha value is -2.78. The standard InChI is InChI=1S/C29H35Cl2N3O5/c1-29(2,37-3)28(36)39-20-34-25-19-22(11-9-21(25)10-12-26(34)35)38-18-5-4-13-32-14-16-33(17-15-32)24-8-6-7-23(30)27(24)31/h6-12,19H,4-5,13-18,20H2,1-3H3. The molecule has 10 heteroatoms. The Morgan fingerprint density at radius 1 is 1.00 bits per heavy atom. The van der Waals surface area contributed by atoms with Gasteiger partial charge in [0, 0.05) is 45.4 Å². The summed E-state index contributed by atoms with van der Waals surface area (Å²) in [7, 11) is 1.44. The van der Waals surface area contributed by atoms with Gasteiger partial charge >= 0.3 is 5.97 Å². The highest BCUT2D eigenvalue weighted by Gasteiger charge is 2.29. The molecule has 1 saturated heterocycles. The third-order valence-electron chi connectivity index (χ3n) is 7.07. The number of rotatable bonds is 11. The highest BCUT2D eigenvalue weighted by molar-refractivity contribution is 6.43. The fourth-order valence-electron chi connectivity index (χ4n) is 4.45. The number of carbonyl (C=O) groups excluding carboxylic acids is 1. The predicted octanol–water partition coefficient (Wildman–Crippen LogP) is 5.22. The molecule has 3 aromatic rings. The van der Waals surface area contributed by atoms with Gasteiger partial charge in [-0.25, -0.2) is 4.79 Å². The number of hydrogen-bond donors (Lipinski definition) is 0. The minimum atomic E-state index is -1.10. The number of nitrogens with zero attached hydrogens (tertiary/aromatic N) is 3. The lowest BCUT2D eigenvalue weighted by atomic mass is 10.1. The number of anilines is 1. The van der Waals surface area contributed by atoms with E-state index >= 15 is 0 Å². The molecule has 0 radical (unpaired) electrons. The molecule has 2 aromatic carbocycles. The van der Waals surface area contributed by atoms with Crippen molar-refractivity contribution in [1.82, 2.24) is 9.47 Å². The molecule has 0 unspecified atom stereocenters. The third-order valence-corrected chi connectivity index (χ3v) is 7.88. The lowest BCUT2D eigenvalue weighted by Crippen LogP contribution is -2.46. The van der Waals surface area contributed by atoms with Gasteiger partial charge in [-0.2, -0.15) is 0 Å². The van der Waals surface area contributed by atoms with Crippen molar-refractivity contribution in [3.63, 3.8) is 0 Å². The average Bonchev–Trinajstić information content (AvgIpc) is 2.94. The Bertz CT molecular complexity index is 1350. The van der Waals surface area contributed by atoms with Crippen molar-refractivity contribution in [2.45, 2.75) is 39.0 Å². The van der Waals surface area contributed by atoms with Gasteiger partial charge in [0.1, 0.15) is 5.75 Å². The monoisotopic (exact) mass is 575 g/mol. The molecule has 39 heavy (non-hydrogen) atoms. The molecule has 210 valence electrons. The molecule has 1 aliphatic rings. The fourth-order valence-corrected chi connectivity index (χ4v) is 4.86. The topological polar surface area (TPSA) is 73.2 Å². The first-order chi connectivity index (χ1) is 18.7. The zero-order chi connectivity index (χ0) is 28.0. The van der Waals surface area contributed by atoms with Crippen LogP contribution in [0.4, 0.5) is 5.69 Å². The molecule has 2 heterocycles. The number of carbonyl (C=O) groups is 1. The molecule has 0 amide bonds. The van der Waals surface area contributed by atoms with Crippen LogP contribution in [-0.2, 0) is 21.0 Å². The van der Waals surface area contributed by atoms with E-state index in [4.69, 9.17) is 37.4 Å². The molecule has 0 bridgehead atoms. The molecule has 8 nitrogen and oxygen atoms in total. The summed E-state index contributed by atoms with van der Waals surface area (Å²) in [4.78, 5) is 29.6. The van der Waals surface area contributed by atoms with Crippen LogP contribution in [0.1, 0.15) is 26.7 Å². The number of ether oxygens (including phenoxy) is 3. The van der Waals surface area contributed by atoms with E-state index in [2.05, 4.69) is 9.80 Å². The lowest BCUT2D eigenvalue weighted by molar-refractivity contribution is -0.168. The summed E-state index contributed by atoms with van der Waals surface area (Å²) >= 11 is 12.6. The molecule has 1 aromatic heterocycles. The van der Waals surface area contributed by atoms with Crippen LogP contribution in [0.2, 0.25) is 10.0 Å². The number of methoxy groups -OCH3 is 1. The maximum absolute atomic E-state index is 12.5. The van der Waals surface area contributed by atoms with Crippen molar-refractivity contribution in [1.29, 1.82) is 0 Å². The Kier molecular flexibility index (Phi) is 9.77. The first-order valence-corrected chi connectivity index (χ1v) is 13.9. The van der Waals surface area contributed by atoms with Crippen LogP contribution in [0.15, 0.2) is 53.3 Å². The van der Waals surface area contributed by atoms with E-state index in [9.17, 15) is 9.59 Å². The summed E-state index contributed by atoms with van der Waals surface area (Å²) in [5.74, 6) is 0.119. The number of esters is 1. The van der Waals surface area contributed by atoms with Gasteiger partial charge in [0.2, 0.25) is 0 Å². The molecule has 0 saturated carbocycles. The Balaban J connectivity index is 1.25. The highest BCUT2D eigenvalue weighted by Crippen LogP contribution is 2.33. The lowest BCUT2D eigenvalue weighted by Gasteiger charge is -2.36. The average molecular weight is 577 g/mol. The van der Waals surface area contributed by atoms with Crippen LogP contribution < -0.4 is 15.2 Å². The maximum atomic E-state index is 12.5. The largest absolute Gasteiger partial charge is 0.494 e. The van der Waals surface area contributed by atoms with E-state index in [1.807, 2.05) is 36.4 Å². The number of halogens is 2. The van der Waals surface area contributed by atoms with E-state index in [1.165, 1.54) is 17.7 Å². The second-order valence-corrected chi connectivity index (χ2v) is 10.8. The number of fused-ring (bicyclic) bond motifs is 1. The molecule has 4 rings (SSSR count). The third kappa shape index (κ3) is 7.25. The van der Waals surface area contributed by atoms with Crippen molar-refractivity contribution in [2.75, 3.05) is 51.3 Å². The van der Waals surface area contributed by atoms with Crippen molar-refractivity contribution < 1.29 is 19.0 Å². The van der Waals surface area contributed by atoms with E-state index in [1.54, 1.807) is 19.9 Å². The SMILES string of the molecule is COC(C)(C)C(=O)OCn1c(=O)ccc2ccc(OCCCCN3CCN(c4cccc(Cl)c4Cl)CC3)cc21. The van der Waals surface area contributed by atoms with E-state index in [-0.39, 0.29) is 12.3 Å². The summed E-state index contributed by atoms with van der Waals surface area (Å²) < 4.78 is 17.9. The predicted molar refractivity (Wildman–Crippen MR) is 155 cm³/mol. The minimum Gasteiger partial charge on any atom is -0.494 e. The van der Waals surface area contributed by atoms with Crippen LogP contribution in [-0.4, -0.2) is 67.5 Å². The quantitative estimate of drug-likeness (QED) is 0.229. The highest BCUT2D eigenvalue weighted by atomic mass is 35.5. The molecule has 0 N–H and O–H groups in total. The molecule has 0 spiro atoms. The normalized spacial score (nSPS) is 14.5. The van der Waals surface area contributed by atoms with Crippen molar-refractivity contribution in [3.8, 4) is 5.75 Å². The molecule has 1 aliphatic heterocycles. The fraction of sp³-hybridized carbons (Fsp3) is 0.448. The summed E-state index contributed by atoms with van der Waals surface area (Å²) in [5.41, 5.74) is 0.274. The second-order valence-electron chi connectivity index (χ2n) is 10.1. The van der Waals surface area contributed by atoms with Crippen molar-refractivity contribution >= 4 is 45.8 Å². The van der Waals surface area contributed by atoms with Gasteiger partial charge in [-0.3, -0.25) is 14.3 Å². The van der Waals surface area contributed by atoms with E-state index < -0.39 is 11.6 Å². The number of piperazine rings is 1. The van der Waals surface area contributed by atoms with Crippen LogP contribution in [0.5, 0.6) is 5.75 Å². The summed E-state index contributed by atoms with van der Waals surface area (Å²) in [6, 6.07) is 14.6. The summed E-state index contributed by atoms with van der Waals surface area (Å²) in [6.07, 6.45) is 1.92. The maximum Gasteiger partial charge on any atom is 0.339 e. The summed E-state index contributed by atoms with van der Waals surface area (Å²) in [5, 5.41) is 2.05. The Morgan fingerprint density at radius 3 is 2.49 bits per heavy atom. The zero-order valence-corrected chi connectivity index (χ0v) is 24.1. The number of pyridine rings is 1. The molecular weight excluding hydrogens is 541 g/mol. The van der Waals surface area contributed by atoms with Crippen LogP contribution >= 0.6 is 23.2 Å². The number of benzene rings is 2. The van der Waals surface area contributed by atoms with E-state index in [0.717, 1.165) is 56.6 Å². The van der Waals surface area contributed by atoms with Crippen LogP contribution in [0, 0.1) is 0 Å². The van der Waals surface area contributed by atoms with Gasteiger partial charge in [0.05, 0.1) is 27.9 Å². The number of aromatic nitrogens is 1. The van der Waals surface area contributed by atoms with Gasteiger partial charge in [-0.15, -0.1) is 0 Å². The number of unbranched alkanes of at least 4 members (excludes halogenated alkanes) is 1. The van der Waals surface area contributed by atoms with Gasteiger partial charge < -0.3 is 19.1 Å². The van der Waals surface area contributed by atoms with Gasteiger partial charge in [-0.05, 0) is 69.0 Å². The van der Waals surface area contributed by atoms with Gasteiger partial charge in [0.15, 0.2) is 12.3 Å². The first kappa shape index (κ1) is 29.2. The smallest absolute Gasteiger partial charge is 0.339 e. The molecule has 0 atom stereocenters. The Labute approximate surface area is 238 Å². The van der Waals surface area contributed by atoms with Crippen molar-refractivity contribution in [2.24, 2.45) is 0 Å². The second kappa shape index (κ2) is 13.0. The van der Waals surface area contributed by atoms with Gasteiger partial charge in [0.25, 0.3) is 5.56 Å². The van der Waals surface area contributed by atoms with Gasteiger partial charge in [-0.1, -0.05) is 29.3 Å². The van der Waals surface area contributed by atoms with Crippen LogP contribution in [0.3, 0.4) is 0 Å². The minimum absolute atomic E-state index is 0.206. The van der Waals surface area contributed by atoms with Crippen molar-refractivity contribution in [3.05, 3.63) is 68.9 Å². The number of hydrogen-bond acceptors (Lipinski definition) is 7. The zero-order valence-electron chi connectivity index (χ0n) is 22.6. The first-order valence-electron chi connectivity index (χ1n) is 13.1.